The van der Waals surface area contributed by atoms with Gasteiger partial charge in [-0.25, -0.2) is 0 Å². The number of fused-ring (bicyclic) bond motifs is 1. The van der Waals surface area contributed by atoms with Crippen LogP contribution in [0.15, 0.2) is 42.5 Å². The molecule has 19 heavy (non-hydrogen) atoms. The number of hydrogen-bond acceptors (Lipinski definition) is 2. The Morgan fingerprint density at radius 3 is 2.58 bits per heavy atom. The maximum absolute atomic E-state index is 6.04. The van der Waals surface area contributed by atoms with Gasteiger partial charge in [-0.3, -0.25) is 0 Å². The summed E-state index contributed by atoms with van der Waals surface area (Å²) in [4.78, 5) is 0. The topological polar surface area (TPSA) is 35.2 Å². The fraction of sp³-hybridized carbons (Fsp3) is 0.294. The zero-order chi connectivity index (χ0) is 13.2. The van der Waals surface area contributed by atoms with Crippen LogP contribution in [0.4, 0.5) is 0 Å². The van der Waals surface area contributed by atoms with Gasteiger partial charge in [0.1, 0.15) is 5.75 Å². The molecule has 0 bridgehead atoms. The van der Waals surface area contributed by atoms with Crippen LogP contribution in [0.3, 0.4) is 0 Å². The molecule has 2 aromatic rings. The SMILES string of the molecule is CCC(N)c1ccc(-c2ccc3c(c2)CCO3)cc1. The van der Waals surface area contributed by atoms with Gasteiger partial charge in [0.25, 0.3) is 0 Å². The normalized spacial score (nSPS) is 14.8. The second kappa shape index (κ2) is 5.06. The zero-order valence-electron chi connectivity index (χ0n) is 11.2. The van der Waals surface area contributed by atoms with Crippen LogP contribution >= 0.6 is 0 Å². The third-order valence-electron chi connectivity index (χ3n) is 3.80. The molecule has 0 saturated carbocycles. The van der Waals surface area contributed by atoms with E-state index in [2.05, 4.69) is 49.4 Å². The van der Waals surface area contributed by atoms with Crippen LogP contribution in [0.25, 0.3) is 11.1 Å². The Morgan fingerprint density at radius 1 is 1.11 bits per heavy atom. The van der Waals surface area contributed by atoms with Crippen molar-refractivity contribution in [1.82, 2.24) is 0 Å². The van der Waals surface area contributed by atoms with Crippen molar-refractivity contribution in [1.29, 1.82) is 0 Å². The van der Waals surface area contributed by atoms with Crippen molar-refractivity contribution in [2.24, 2.45) is 5.73 Å². The summed E-state index contributed by atoms with van der Waals surface area (Å²) in [5.74, 6) is 1.04. The van der Waals surface area contributed by atoms with Crippen molar-refractivity contribution in [2.45, 2.75) is 25.8 Å². The molecule has 2 N–H and O–H groups in total. The van der Waals surface area contributed by atoms with E-state index in [1.807, 2.05) is 0 Å². The Kier molecular flexibility index (Phi) is 3.26. The summed E-state index contributed by atoms with van der Waals surface area (Å²) in [6, 6.07) is 15.1. The molecule has 1 unspecified atom stereocenters. The van der Waals surface area contributed by atoms with Gasteiger partial charge in [-0.15, -0.1) is 0 Å². The molecule has 0 aromatic heterocycles. The zero-order valence-corrected chi connectivity index (χ0v) is 11.2. The predicted octanol–water partition coefficient (Wildman–Crippen LogP) is 3.70. The average molecular weight is 253 g/mol. The van der Waals surface area contributed by atoms with E-state index in [4.69, 9.17) is 10.5 Å². The smallest absolute Gasteiger partial charge is 0.122 e. The minimum atomic E-state index is 0.141. The molecule has 0 saturated heterocycles. The molecular weight excluding hydrogens is 234 g/mol. The van der Waals surface area contributed by atoms with Crippen molar-refractivity contribution in [3.63, 3.8) is 0 Å². The first kappa shape index (κ1) is 12.2. The quantitative estimate of drug-likeness (QED) is 0.905. The number of rotatable bonds is 3. The van der Waals surface area contributed by atoms with Crippen LogP contribution in [0.5, 0.6) is 5.75 Å². The summed E-state index contributed by atoms with van der Waals surface area (Å²) in [6.07, 6.45) is 1.98. The molecule has 3 rings (SSSR count). The van der Waals surface area contributed by atoms with E-state index in [0.29, 0.717) is 0 Å². The molecule has 1 aliphatic rings. The molecule has 0 spiro atoms. The van der Waals surface area contributed by atoms with E-state index in [1.165, 1.54) is 22.3 Å². The molecule has 0 amide bonds. The van der Waals surface area contributed by atoms with Crippen molar-refractivity contribution >= 4 is 0 Å². The summed E-state index contributed by atoms with van der Waals surface area (Å²) < 4.78 is 5.54. The lowest BCUT2D eigenvalue weighted by Crippen LogP contribution is -2.08. The van der Waals surface area contributed by atoms with Crippen LogP contribution in [0.2, 0.25) is 0 Å². The van der Waals surface area contributed by atoms with Crippen molar-refractivity contribution in [3.05, 3.63) is 53.6 Å². The molecule has 1 aliphatic heterocycles. The van der Waals surface area contributed by atoms with Gasteiger partial charge in [-0.1, -0.05) is 37.3 Å². The second-order valence-corrected chi connectivity index (χ2v) is 5.06. The standard InChI is InChI=1S/C17H19NO/c1-2-16(18)13-5-3-12(4-6-13)14-7-8-17-15(11-14)9-10-19-17/h3-8,11,16H,2,9-10,18H2,1H3. The summed E-state index contributed by atoms with van der Waals surface area (Å²) in [5, 5.41) is 0. The van der Waals surface area contributed by atoms with Gasteiger partial charge in [-0.2, -0.15) is 0 Å². The highest BCUT2D eigenvalue weighted by Gasteiger charge is 2.12. The van der Waals surface area contributed by atoms with Gasteiger partial charge in [0.05, 0.1) is 6.61 Å². The fourth-order valence-corrected chi connectivity index (χ4v) is 2.52. The first-order valence-corrected chi connectivity index (χ1v) is 6.89. The lowest BCUT2D eigenvalue weighted by molar-refractivity contribution is 0.357. The largest absolute Gasteiger partial charge is 0.493 e. The van der Waals surface area contributed by atoms with Gasteiger partial charge in [-0.05, 0) is 40.8 Å². The number of nitrogens with two attached hydrogens (primary N) is 1. The Bertz CT molecular complexity index is 574. The maximum Gasteiger partial charge on any atom is 0.122 e. The Hall–Kier alpha value is -1.80. The van der Waals surface area contributed by atoms with Crippen LogP contribution in [0, 0.1) is 0 Å². The molecule has 1 heterocycles. The van der Waals surface area contributed by atoms with Gasteiger partial charge in [0, 0.05) is 12.5 Å². The third kappa shape index (κ3) is 2.36. The average Bonchev–Trinajstić information content (AvgIpc) is 2.94. The molecule has 0 aliphatic carbocycles. The van der Waals surface area contributed by atoms with Gasteiger partial charge in [0.15, 0.2) is 0 Å². The molecule has 2 heteroatoms. The summed E-state index contributed by atoms with van der Waals surface area (Å²) in [7, 11) is 0. The minimum Gasteiger partial charge on any atom is -0.493 e. The summed E-state index contributed by atoms with van der Waals surface area (Å²) in [5.41, 5.74) is 11.0. The molecule has 2 aromatic carbocycles. The van der Waals surface area contributed by atoms with Gasteiger partial charge < -0.3 is 10.5 Å². The van der Waals surface area contributed by atoms with Crippen LogP contribution in [-0.4, -0.2) is 6.61 Å². The van der Waals surface area contributed by atoms with Crippen LogP contribution in [-0.2, 0) is 6.42 Å². The second-order valence-electron chi connectivity index (χ2n) is 5.06. The van der Waals surface area contributed by atoms with Crippen LogP contribution < -0.4 is 10.5 Å². The Morgan fingerprint density at radius 2 is 1.84 bits per heavy atom. The van der Waals surface area contributed by atoms with Gasteiger partial charge >= 0.3 is 0 Å². The highest BCUT2D eigenvalue weighted by molar-refractivity contribution is 5.66. The van der Waals surface area contributed by atoms with Gasteiger partial charge in [0.2, 0.25) is 0 Å². The Labute approximate surface area is 114 Å². The summed E-state index contributed by atoms with van der Waals surface area (Å²) >= 11 is 0. The highest BCUT2D eigenvalue weighted by atomic mass is 16.5. The number of ether oxygens (including phenoxy) is 1. The summed E-state index contributed by atoms with van der Waals surface area (Å²) in [6.45, 7) is 2.92. The van der Waals surface area contributed by atoms with E-state index in [1.54, 1.807) is 0 Å². The lowest BCUT2D eigenvalue weighted by Gasteiger charge is -2.10. The fourth-order valence-electron chi connectivity index (χ4n) is 2.52. The number of hydrogen-bond donors (Lipinski definition) is 1. The van der Waals surface area contributed by atoms with Crippen LogP contribution in [0.1, 0.15) is 30.5 Å². The van der Waals surface area contributed by atoms with Crippen molar-refractivity contribution in [2.75, 3.05) is 6.61 Å². The third-order valence-corrected chi connectivity index (χ3v) is 3.80. The molecule has 98 valence electrons. The van der Waals surface area contributed by atoms with Crippen molar-refractivity contribution < 1.29 is 4.74 Å². The van der Waals surface area contributed by atoms with E-state index in [-0.39, 0.29) is 6.04 Å². The lowest BCUT2D eigenvalue weighted by atomic mass is 9.98. The molecule has 0 radical (unpaired) electrons. The Balaban J connectivity index is 1.90. The molecular formula is C17H19NO. The monoisotopic (exact) mass is 253 g/mol. The van der Waals surface area contributed by atoms with E-state index >= 15 is 0 Å². The maximum atomic E-state index is 6.04. The molecule has 2 nitrogen and oxygen atoms in total. The minimum absolute atomic E-state index is 0.141. The number of benzene rings is 2. The predicted molar refractivity (Wildman–Crippen MR) is 78.3 cm³/mol. The first-order chi connectivity index (χ1) is 9.28. The molecule has 1 atom stereocenters. The van der Waals surface area contributed by atoms with E-state index < -0.39 is 0 Å². The first-order valence-electron chi connectivity index (χ1n) is 6.89. The van der Waals surface area contributed by atoms with Crippen molar-refractivity contribution in [3.8, 4) is 16.9 Å². The molecule has 0 fully saturated rings. The van der Waals surface area contributed by atoms with E-state index in [9.17, 15) is 0 Å². The van der Waals surface area contributed by atoms with E-state index in [0.717, 1.165) is 25.2 Å². The highest BCUT2D eigenvalue weighted by Crippen LogP contribution is 2.30.